The molecule has 2 unspecified atom stereocenters. The molecule has 2 aromatic rings. The SMILES string of the molecule is CNCC(C)C[S+]([O-])N1CCN(c2ccc(Br)c(NC(=O)c3coc(N)n3)c2)CC1. The van der Waals surface area contributed by atoms with Gasteiger partial charge in [-0.15, -0.1) is 4.31 Å². The van der Waals surface area contributed by atoms with E-state index in [1.807, 2.05) is 29.6 Å². The number of hydrogen-bond acceptors (Lipinski definition) is 8. The van der Waals surface area contributed by atoms with Gasteiger partial charge < -0.3 is 30.2 Å². The van der Waals surface area contributed by atoms with E-state index in [0.29, 0.717) is 17.4 Å². The van der Waals surface area contributed by atoms with Crippen molar-refractivity contribution >= 4 is 50.6 Å². The standard InChI is InChI=1S/C19H27BrN6O3S/c1-13(10-22-2)12-30(28)26-7-5-25(6-8-26)14-3-4-15(20)16(9-14)23-18(27)17-11-29-19(21)24-17/h3-4,9,11,13,22H,5-8,10,12H2,1-2H3,(H2,21,24)(H,23,27). The molecule has 164 valence electrons. The molecular weight excluding hydrogens is 472 g/mol. The number of oxazole rings is 1. The number of benzene rings is 1. The number of nitrogens with two attached hydrogens (primary N) is 1. The van der Waals surface area contributed by atoms with Gasteiger partial charge in [0.05, 0.1) is 18.8 Å². The highest BCUT2D eigenvalue weighted by molar-refractivity contribution is 9.10. The van der Waals surface area contributed by atoms with Crippen LogP contribution in [0.25, 0.3) is 0 Å². The second-order valence-corrected chi connectivity index (χ2v) is 9.60. The maximum absolute atomic E-state index is 12.6. The average molecular weight is 499 g/mol. The monoisotopic (exact) mass is 498 g/mol. The summed E-state index contributed by atoms with van der Waals surface area (Å²) in [6, 6.07) is 5.75. The van der Waals surface area contributed by atoms with Gasteiger partial charge in [0.15, 0.2) is 5.69 Å². The third-order valence-corrected chi connectivity index (χ3v) is 7.31. The van der Waals surface area contributed by atoms with Crippen molar-refractivity contribution in [1.82, 2.24) is 14.6 Å². The molecule has 1 aromatic carbocycles. The molecule has 1 aliphatic rings. The van der Waals surface area contributed by atoms with Crippen LogP contribution in [0.4, 0.5) is 17.4 Å². The number of nitrogen functional groups attached to an aromatic ring is 1. The summed E-state index contributed by atoms with van der Waals surface area (Å²) in [5, 5.41) is 5.95. The number of rotatable bonds is 8. The van der Waals surface area contributed by atoms with Crippen LogP contribution >= 0.6 is 15.9 Å². The Labute approximate surface area is 187 Å². The van der Waals surface area contributed by atoms with Crippen LogP contribution in [0.1, 0.15) is 17.4 Å². The molecule has 0 spiro atoms. The molecule has 0 saturated carbocycles. The maximum atomic E-state index is 12.6. The van der Waals surface area contributed by atoms with E-state index < -0.39 is 17.3 Å². The number of nitrogens with one attached hydrogen (secondary N) is 2. The van der Waals surface area contributed by atoms with Gasteiger partial charge in [0.1, 0.15) is 12.0 Å². The molecule has 1 amide bonds. The summed E-state index contributed by atoms with van der Waals surface area (Å²) >= 11 is 2.50. The molecule has 2 heterocycles. The first kappa shape index (κ1) is 22.9. The molecule has 0 radical (unpaired) electrons. The van der Waals surface area contributed by atoms with Crippen molar-refractivity contribution in [2.45, 2.75) is 6.92 Å². The predicted molar refractivity (Wildman–Crippen MR) is 123 cm³/mol. The summed E-state index contributed by atoms with van der Waals surface area (Å²) in [7, 11) is 1.91. The molecule has 2 atom stereocenters. The van der Waals surface area contributed by atoms with Gasteiger partial charge in [0.25, 0.3) is 11.9 Å². The third kappa shape index (κ3) is 5.88. The lowest BCUT2D eigenvalue weighted by atomic mass is 10.2. The summed E-state index contributed by atoms with van der Waals surface area (Å²) in [5.74, 6) is 0.637. The predicted octanol–water partition coefficient (Wildman–Crippen LogP) is 1.91. The first-order chi connectivity index (χ1) is 14.4. The van der Waals surface area contributed by atoms with Gasteiger partial charge in [0.2, 0.25) is 0 Å². The first-order valence-corrected chi connectivity index (χ1v) is 11.8. The Bertz CT molecular complexity index is 859. The Balaban J connectivity index is 1.59. The number of carbonyl (C=O) groups is 1. The Hall–Kier alpha value is -1.79. The normalized spacial score (nSPS) is 17.0. The van der Waals surface area contributed by atoms with Crippen LogP contribution in [0.2, 0.25) is 0 Å². The van der Waals surface area contributed by atoms with Crippen LogP contribution < -0.4 is 21.3 Å². The summed E-state index contributed by atoms with van der Waals surface area (Å²) in [6.45, 7) is 5.96. The van der Waals surface area contributed by atoms with Gasteiger partial charge in [-0.25, -0.2) is 0 Å². The highest BCUT2D eigenvalue weighted by Crippen LogP contribution is 2.29. The van der Waals surface area contributed by atoms with Gasteiger partial charge in [-0.1, -0.05) is 6.92 Å². The lowest BCUT2D eigenvalue weighted by Gasteiger charge is -2.36. The van der Waals surface area contributed by atoms with Crippen molar-refractivity contribution in [2.75, 3.05) is 61.5 Å². The Morgan fingerprint density at radius 1 is 1.40 bits per heavy atom. The summed E-state index contributed by atoms with van der Waals surface area (Å²) in [4.78, 5) is 18.4. The Morgan fingerprint density at radius 3 is 2.77 bits per heavy atom. The zero-order valence-electron chi connectivity index (χ0n) is 17.1. The fourth-order valence-electron chi connectivity index (χ4n) is 3.29. The first-order valence-electron chi connectivity index (χ1n) is 9.72. The number of hydrogen-bond donors (Lipinski definition) is 3. The van der Waals surface area contributed by atoms with E-state index in [2.05, 4.69) is 43.4 Å². The third-order valence-electron chi connectivity index (χ3n) is 4.82. The van der Waals surface area contributed by atoms with Gasteiger partial charge in [0, 0.05) is 47.1 Å². The minimum atomic E-state index is -0.968. The average Bonchev–Trinajstić information content (AvgIpc) is 3.16. The number of anilines is 3. The molecule has 9 nitrogen and oxygen atoms in total. The van der Waals surface area contributed by atoms with Crippen LogP contribution in [0.15, 0.2) is 33.4 Å². The van der Waals surface area contributed by atoms with Gasteiger partial charge in [-0.05, 0) is 41.2 Å². The van der Waals surface area contributed by atoms with Crippen molar-refractivity contribution in [3.05, 3.63) is 34.6 Å². The molecule has 11 heteroatoms. The second kappa shape index (κ2) is 10.5. The highest BCUT2D eigenvalue weighted by atomic mass is 79.9. The number of aromatic nitrogens is 1. The topological polar surface area (TPSA) is 123 Å². The van der Waals surface area contributed by atoms with Crippen LogP contribution in [0.3, 0.4) is 0 Å². The largest absolute Gasteiger partial charge is 0.598 e. The lowest BCUT2D eigenvalue weighted by molar-refractivity contribution is 0.102. The van der Waals surface area contributed by atoms with E-state index in [1.54, 1.807) is 0 Å². The molecule has 1 aliphatic heterocycles. The van der Waals surface area contributed by atoms with E-state index in [0.717, 1.165) is 42.9 Å². The zero-order valence-corrected chi connectivity index (χ0v) is 19.5. The zero-order chi connectivity index (χ0) is 21.7. The molecule has 1 fully saturated rings. The van der Waals surface area contributed by atoms with Gasteiger partial charge in [-0.2, -0.15) is 4.98 Å². The summed E-state index contributed by atoms with van der Waals surface area (Å²) in [5.41, 5.74) is 7.17. The highest BCUT2D eigenvalue weighted by Gasteiger charge is 2.27. The molecule has 1 aromatic heterocycles. The molecule has 0 aliphatic carbocycles. The van der Waals surface area contributed by atoms with Gasteiger partial charge in [-0.3, -0.25) is 4.79 Å². The van der Waals surface area contributed by atoms with E-state index in [4.69, 9.17) is 10.2 Å². The van der Waals surface area contributed by atoms with Crippen molar-refractivity contribution in [3.63, 3.8) is 0 Å². The molecule has 1 saturated heterocycles. The molecule has 0 bridgehead atoms. The van der Waals surface area contributed by atoms with Crippen LogP contribution in [0, 0.1) is 5.92 Å². The fourth-order valence-corrected chi connectivity index (χ4v) is 5.02. The fraction of sp³-hybridized carbons (Fsp3) is 0.474. The van der Waals surface area contributed by atoms with E-state index in [9.17, 15) is 9.35 Å². The van der Waals surface area contributed by atoms with Crippen LogP contribution in [-0.4, -0.2) is 65.3 Å². The minimum Gasteiger partial charge on any atom is -0.598 e. The number of carbonyl (C=O) groups excluding carboxylic acids is 1. The number of amides is 1. The van der Waals surface area contributed by atoms with Crippen LogP contribution in [0.5, 0.6) is 0 Å². The van der Waals surface area contributed by atoms with Crippen molar-refractivity contribution < 1.29 is 13.8 Å². The number of piperazine rings is 1. The van der Waals surface area contributed by atoms with Gasteiger partial charge >= 0.3 is 0 Å². The molecule has 3 rings (SSSR count). The van der Waals surface area contributed by atoms with Crippen molar-refractivity contribution in [1.29, 1.82) is 0 Å². The summed E-state index contributed by atoms with van der Waals surface area (Å²) < 4.78 is 20.3. The Kier molecular flexibility index (Phi) is 8.00. The second-order valence-electron chi connectivity index (χ2n) is 7.26. The minimum absolute atomic E-state index is 0.0522. The van der Waals surface area contributed by atoms with Crippen molar-refractivity contribution in [2.24, 2.45) is 5.92 Å². The van der Waals surface area contributed by atoms with Crippen molar-refractivity contribution in [3.8, 4) is 0 Å². The van der Waals surface area contributed by atoms with Crippen LogP contribution in [-0.2, 0) is 11.4 Å². The van der Waals surface area contributed by atoms with E-state index in [-0.39, 0.29) is 11.7 Å². The Morgan fingerprint density at radius 2 is 2.13 bits per heavy atom. The number of nitrogens with zero attached hydrogens (tertiary/aromatic N) is 3. The van der Waals surface area contributed by atoms with E-state index in [1.165, 1.54) is 6.26 Å². The summed E-state index contributed by atoms with van der Waals surface area (Å²) in [6.07, 6.45) is 1.22. The molecular formula is C19H27BrN6O3S. The molecule has 30 heavy (non-hydrogen) atoms. The smallest absolute Gasteiger partial charge is 0.292 e. The lowest BCUT2D eigenvalue weighted by Crippen LogP contribution is -2.50. The van der Waals surface area contributed by atoms with E-state index >= 15 is 0 Å². The quantitative estimate of drug-likeness (QED) is 0.471. The molecule has 4 N–H and O–H groups in total. The maximum Gasteiger partial charge on any atom is 0.292 e. The number of halogens is 1.